The Labute approximate surface area is 202 Å². The molecule has 6 rings (SSSR count). The lowest BCUT2D eigenvalue weighted by Crippen LogP contribution is -2.35. The number of halogens is 1. The van der Waals surface area contributed by atoms with Crippen LogP contribution in [0.15, 0.2) is 54.7 Å². The smallest absolute Gasteiger partial charge is 0.274 e. The maximum Gasteiger partial charge on any atom is 0.274 e. The second-order valence-corrected chi connectivity index (χ2v) is 10.5. The maximum absolute atomic E-state index is 13.9. The van der Waals surface area contributed by atoms with Crippen molar-refractivity contribution in [2.75, 3.05) is 5.32 Å². The van der Waals surface area contributed by atoms with Crippen LogP contribution in [-0.2, 0) is 4.79 Å². The first kappa shape index (κ1) is 22.1. The second kappa shape index (κ2) is 7.83. The molecule has 4 N–H and O–H groups in total. The van der Waals surface area contributed by atoms with Gasteiger partial charge in [0.05, 0.1) is 5.52 Å². The number of fused-ring (bicyclic) bond motifs is 2. The second-order valence-electron chi connectivity index (χ2n) is 10.5. The molecule has 0 bridgehead atoms. The summed E-state index contributed by atoms with van der Waals surface area (Å²) in [6.45, 7) is 1.97. The molecular weight excluding hydrogens is 447 g/mol. The molecule has 1 saturated heterocycles. The van der Waals surface area contributed by atoms with Gasteiger partial charge in [0, 0.05) is 28.4 Å². The zero-order valence-corrected chi connectivity index (χ0v) is 19.3. The van der Waals surface area contributed by atoms with Crippen LogP contribution in [0.25, 0.3) is 10.9 Å². The third-order valence-electron chi connectivity index (χ3n) is 8.58. The van der Waals surface area contributed by atoms with Gasteiger partial charge in [-0.3, -0.25) is 25.1 Å². The molecule has 3 fully saturated rings. The number of hydrogen-bond donors (Lipinski definition) is 4. The Morgan fingerprint density at radius 1 is 1.09 bits per heavy atom. The topological polar surface area (TPSA) is 113 Å². The van der Waals surface area contributed by atoms with Crippen molar-refractivity contribution in [3.63, 3.8) is 0 Å². The summed E-state index contributed by atoms with van der Waals surface area (Å²) in [6.07, 6.45) is 5.79. The third-order valence-corrected chi connectivity index (χ3v) is 8.58. The van der Waals surface area contributed by atoms with E-state index in [1.807, 2.05) is 19.2 Å². The summed E-state index contributed by atoms with van der Waals surface area (Å²) in [5.41, 5.74) is 3.68. The Hall–Kier alpha value is -3.36. The average Bonchev–Trinajstić information content (AvgIpc) is 3.09. The number of hydroxylamine groups is 1. The molecule has 3 aliphatic rings. The molecular formula is C27H27FN4O3. The minimum absolute atomic E-state index is 0.0796. The first-order valence-corrected chi connectivity index (χ1v) is 12.0. The van der Waals surface area contributed by atoms with Crippen molar-refractivity contribution in [1.82, 2.24) is 15.8 Å². The van der Waals surface area contributed by atoms with Crippen LogP contribution in [0.3, 0.4) is 0 Å². The lowest BCUT2D eigenvalue weighted by Gasteiger charge is -2.19. The number of anilines is 1. The number of nitrogens with zero attached hydrogens (tertiary/aromatic N) is 1. The molecule has 7 nitrogen and oxygen atoms in total. The number of carbonyl (C=O) groups excluding carboxylic acids is 2. The Bertz CT molecular complexity index is 1330. The minimum Gasteiger partial charge on any atom is -0.324 e. The van der Waals surface area contributed by atoms with Gasteiger partial charge in [-0.2, -0.15) is 0 Å². The van der Waals surface area contributed by atoms with Gasteiger partial charge in [-0.15, -0.1) is 0 Å². The van der Waals surface area contributed by atoms with E-state index in [0.717, 1.165) is 36.6 Å². The summed E-state index contributed by atoms with van der Waals surface area (Å²) in [5, 5.41) is 16.2. The first-order chi connectivity index (χ1) is 16.8. The Morgan fingerprint density at radius 2 is 1.80 bits per heavy atom. The van der Waals surface area contributed by atoms with Gasteiger partial charge < -0.3 is 5.32 Å². The van der Waals surface area contributed by atoms with Crippen molar-refractivity contribution >= 4 is 28.4 Å². The van der Waals surface area contributed by atoms with Crippen LogP contribution in [0.4, 0.5) is 10.1 Å². The number of amides is 2. The zero-order chi connectivity index (χ0) is 24.4. The summed E-state index contributed by atoms with van der Waals surface area (Å²) in [5.74, 6) is 0.509. The van der Waals surface area contributed by atoms with E-state index >= 15 is 0 Å². The Kier molecular flexibility index (Phi) is 4.95. The first-order valence-electron chi connectivity index (χ1n) is 12.0. The monoisotopic (exact) mass is 474 g/mol. The predicted molar refractivity (Wildman–Crippen MR) is 128 cm³/mol. The average molecular weight is 475 g/mol. The molecule has 2 heterocycles. The standard InChI is InChI=1S/C27H27FN4O3/c1-26(25(34)30-20-5-2-15(3-6-20)24(33)31-35)27(32-26)13-17-10-16(11-18(17)14-27)21-8-9-29-23-7-4-19(28)12-22(21)23/h2-9,12,16-18,32,35H,10-11,13-14H2,1H3,(H,30,34)(H,31,33)/t16?,17-,18+,26?,27?. The molecule has 3 aromatic rings. The fourth-order valence-corrected chi connectivity index (χ4v) is 6.70. The highest BCUT2D eigenvalue weighted by atomic mass is 19.1. The van der Waals surface area contributed by atoms with E-state index < -0.39 is 11.4 Å². The van der Waals surface area contributed by atoms with Crippen LogP contribution in [0, 0.1) is 17.7 Å². The number of hydrogen-bond acceptors (Lipinski definition) is 5. The van der Waals surface area contributed by atoms with Gasteiger partial charge in [0.15, 0.2) is 0 Å². The van der Waals surface area contributed by atoms with E-state index in [-0.39, 0.29) is 17.3 Å². The Balaban J connectivity index is 1.13. The minimum atomic E-state index is -0.638. The van der Waals surface area contributed by atoms with E-state index in [9.17, 15) is 14.0 Å². The van der Waals surface area contributed by atoms with Crippen molar-refractivity contribution in [2.24, 2.45) is 11.8 Å². The van der Waals surface area contributed by atoms with E-state index in [1.54, 1.807) is 41.9 Å². The van der Waals surface area contributed by atoms with Gasteiger partial charge in [-0.25, -0.2) is 9.87 Å². The molecule has 180 valence electrons. The van der Waals surface area contributed by atoms with Gasteiger partial charge in [0.1, 0.15) is 11.4 Å². The fourth-order valence-electron chi connectivity index (χ4n) is 6.70. The summed E-state index contributed by atoms with van der Waals surface area (Å²) >= 11 is 0. The number of aromatic nitrogens is 1. The molecule has 2 saturated carbocycles. The van der Waals surface area contributed by atoms with Gasteiger partial charge in [-0.1, -0.05) is 0 Å². The Morgan fingerprint density at radius 3 is 2.49 bits per heavy atom. The van der Waals surface area contributed by atoms with Crippen LogP contribution < -0.4 is 16.1 Å². The maximum atomic E-state index is 13.9. The molecule has 0 radical (unpaired) electrons. The SMILES string of the molecule is CC1(C(=O)Nc2ccc(C(=O)NO)cc2)NC12C[C@H]1CC(c3ccnc4ccc(F)cc34)C[C@H]1C2. The summed E-state index contributed by atoms with van der Waals surface area (Å²) in [7, 11) is 0. The van der Waals surface area contributed by atoms with Crippen LogP contribution in [-0.4, -0.2) is 33.1 Å². The van der Waals surface area contributed by atoms with Crippen LogP contribution in [0.2, 0.25) is 0 Å². The molecule has 2 aromatic carbocycles. The molecule has 1 spiro atoms. The molecule has 1 aromatic heterocycles. The molecule has 3 unspecified atom stereocenters. The van der Waals surface area contributed by atoms with Crippen molar-refractivity contribution < 1.29 is 19.2 Å². The van der Waals surface area contributed by atoms with E-state index in [0.29, 0.717) is 29.0 Å². The van der Waals surface area contributed by atoms with Gasteiger partial charge in [-0.05, 0) is 104 Å². The molecule has 2 amide bonds. The zero-order valence-electron chi connectivity index (χ0n) is 19.3. The molecule has 35 heavy (non-hydrogen) atoms. The van der Waals surface area contributed by atoms with Crippen LogP contribution in [0.5, 0.6) is 0 Å². The van der Waals surface area contributed by atoms with Crippen LogP contribution in [0.1, 0.15) is 54.4 Å². The van der Waals surface area contributed by atoms with Gasteiger partial charge in [0.25, 0.3) is 5.91 Å². The number of benzene rings is 2. The van der Waals surface area contributed by atoms with Gasteiger partial charge in [0.2, 0.25) is 5.91 Å². The summed E-state index contributed by atoms with van der Waals surface area (Å²) in [4.78, 5) is 29.1. The van der Waals surface area contributed by atoms with Crippen molar-refractivity contribution in [3.8, 4) is 0 Å². The summed E-state index contributed by atoms with van der Waals surface area (Å²) < 4.78 is 13.9. The van der Waals surface area contributed by atoms with Crippen molar-refractivity contribution in [3.05, 3.63) is 71.7 Å². The molecule has 8 heteroatoms. The number of rotatable bonds is 4. The summed E-state index contributed by atoms with van der Waals surface area (Å²) in [6, 6.07) is 13.2. The molecule has 1 aliphatic heterocycles. The highest BCUT2D eigenvalue weighted by molar-refractivity contribution is 6.02. The number of pyridine rings is 1. The lowest BCUT2D eigenvalue weighted by atomic mass is 9.86. The van der Waals surface area contributed by atoms with Crippen LogP contribution >= 0.6 is 0 Å². The third kappa shape index (κ3) is 3.51. The predicted octanol–water partition coefficient (Wildman–Crippen LogP) is 4.14. The number of nitrogens with one attached hydrogen (secondary N) is 3. The normalized spacial score (nSPS) is 30.9. The lowest BCUT2D eigenvalue weighted by molar-refractivity contribution is -0.118. The highest BCUT2D eigenvalue weighted by Crippen LogP contribution is 2.62. The van der Waals surface area contributed by atoms with E-state index in [2.05, 4.69) is 15.6 Å². The number of carbonyl (C=O) groups is 2. The molecule has 2 aliphatic carbocycles. The highest BCUT2D eigenvalue weighted by Gasteiger charge is 2.72. The fraction of sp³-hybridized carbons (Fsp3) is 0.370. The van der Waals surface area contributed by atoms with Gasteiger partial charge >= 0.3 is 0 Å². The van der Waals surface area contributed by atoms with E-state index in [4.69, 9.17) is 5.21 Å². The van der Waals surface area contributed by atoms with Crippen molar-refractivity contribution in [1.29, 1.82) is 0 Å². The van der Waals surface area contributed by atoms with E-state index in [1.165, 1.54) is 11.6 Å². The van der Waals surface area contributed by atoms with Crippen molar-refractivity contribution in [2.45, 2.75) is 49.6 Å². The largest absolute Gasteiger partial charge is 0.324 e. The molecule has 5 atom stereocenters. The quantitative estimate of drug-likeness (QED) is 0.258.